The van der Waals surface area contributed by atoms with Gasteiger partial charge in [0.15, 0.2) is 11.5 Å². The molecule has 1 saturated carbocycles. The molecule has 0 aliphatic heterocycles. The van der Waals surface area contributed by atoms with E-state index < -0.39 is 6.61 Å². The maximum absolute atomic E-state index is 12.4. The molecule has 0 heterocycles. The fourth-order valence-electron chi connectivity index (χ4n) is 2.89. The van der Waals surface area contributed by atoms with Gasteiger partial charge in [0.05, 0.1) is 6.61 Å². The van der Waals surface area contributed by atoms with Crippen LogP contribution in [0.5, 0.6) is 11.5 Å². The number of carbonyl (C=O) groups is 1. The van der Waals surface area contributed by atoms with Crippen LogP contribution < -0.4 is 14.8 Å². The monoisotopic (exact) mass is 327 g/mol. The molecule has 23 heavy (non-hydrogen) atoms. The molecule has 2 atom stereocenters. The Morgan fingerprint density at radius 1 is 1.30 bits per heavy atom. The molecule has 1 aromatic carbocycles. The number of hydrogen-bond acceptors (Lipinski definition) is 3. The van der Waals surface area contributed by atoms with Crippen molar-refractivity contribution in [3.63, 3.8) is 0 Å². The number of alkyl halides is 2. The molecule has 1 aliphatic carbocycles. The van der Waals surface area contributed by atoms with Crippen LogP contribution in [0.1, 0.15) is 49.9 Å². The largest absolute Gasteiger partial charge is 0.490 e. The van der Waals surface area contributed by atoms with Crippen molar-refractivity contribution in [2.75, 3.05) is 6.61 Å². The van der Waals surface area contributed by atoms with Crippen LogP contribution in [0.2, 0.25) is 0 Å². The first-order chi connectivity index (χ1) is 11.0. The van der Waals surface area contributed by atoms with Crippen molar-refractivity contribution in [1.29, 1.82) is 0 Å². The third kappa shape index (κ3) is 4.81. The molecule has 128 valence electrons. The highest BCUT2D eigenvalue weighted by molar-refractivity contribution is 5.95. The molecule has 1 aliphatic rings. The maximum Gasteiger partial charge on any atom is 0.387 e. The second-order valence-electron chi connectivity index (χ2n) is 5.81. The van der Waals surface area contributed by atoms with E-state index in [1.807, 2.05) is 0 Å². The number of halogens is 2. The Bertz CT molecular complexity index is 537. The smallest absolute Gasteiger partial charge is 0.387 e. The summed E-state index contributed by atoms with van der Waals surface area (Å²) in [5, 5.41) is 3.03. The first-order valence-electron chi connectivity index (χ1n) is 8.03. The maximum atomic E-state index is 12.4. The standard InChI is InChI=1S/C17H23F2NO3/c1-3-22-15-10-12(8-9-14(15)23-17(18)19)16(21)20-13-7-5-4-6-11(13)2/h8-11,13,17H,3-7H2,1-2H3,(H,20,21). The molecule has 6 heteroatoms. The van der Waals surface area contributed by atoms with Crippen molar-refractivity contribution in [2.45, 2.75) is 52.2 Å². The number of rotatable bonds is 6. The minimum absolute atomic E-state index is 0.0653. The van der Waals surface area contributed by atoms with E-state index in [9.17, 15) is 13.6 Å². The van der Waals surface area contributed by atoms with Gasteiger partial charge in [0.1, 0.15) is 0 Å². The average molecular weight is 327 g/mol. The predicted octanol–water partition coefficient (Wildman–Crippen LogP) is 4.00. The molecule has 2 unspecified atom stereocenters. The van der Waals surface area contributed by atoms with Gasteiger partial charge in [-0.1, -0.05) is 19.8 Å². The van der Waals surface area contributed by atoms with Gasteiger partial charge in [-0.3, -0.25) is 4.79 Å². The zero-order valence-corrected chi connectivity index (χ0v) is 13.5. The lowest BCUT2D eigenvalue weighted by molar-refractivity contribution is -0.0514. The van der Waals surface area contributed by atoms with E-state index in [4.69, 9.17) is 4.74 Å². The zero-order chi connectivity index (χ0) is 16.8. The third-order valence-electron chi connectivity index (χ3n) is 4.15. The summed E-state index contributed by atoms with van der Waals surface area (Å²) in [5.41, 5.74) is 0.382. The third-order valence-corrected chi connectivity index (χ3v) is 4.15. The van der Waals surface area contributed by atoms with Gasteiger partial charge in [-0.2, -0.15) is 8.78 Å². The van der Waals surface area contributed by atoms with Gasteiger partial charge in [-0.05, 0) is 43.9 Å². The average Bonchev–Trinajstić information content (AvgIpc) is 2.51. The van der Waals surface area contributed by atoms with E-state index in [2.05, 4.69) is 17.0 Å². The minimum atomic E-state index is -2.93. The summed E-state index contributed by atoms with van der Waals surface area (Å²) in [5.74, 6) is 0.315. The summed E-state index contributed by atoms with van der Waals surface area (Å²) >= 11 is 0. The van der Waals surface area contributed by atoms with Crippen molar-refractivity contribution >= 4 is 5.91 Å². The molecule has 0 saturated heterocycles. The molecule has 4 nitrogen and oxygen atoms in total. The number of amides is 1. The minimum Gasteiger partial charge on any atom is -0.490 e. The van der Waals surface area contributed by atoms with Crippen LogP contribution >= 0.6 is 0 Å². The Balaban J connectivity index is 2.11. The molecule has 1 fully saturated rings. The second kappa shape index (κ2) is 8.13. The normalized spacial score (nSPS) is 21.1. The van der Waals surface area contributed by atoms with Gasteiger partial charge in [0.2, 0.25) is 0 Å². The molecule has 0 spiro atoms. The van der Waals surface area contributed by atoms with Crippen molar-refractivity contribution in [1.82, 2.24) is 5.32 Å². The van der Waals surface area contributed by atoms with Gasteiger partial charge in [-0.15, -0.1) is 0 Å². The van der Waals surface area contributed by atoms with Crippen LogP contribution in [0.3, 0.4) is 0 Å². The molecule has 0 radical (unpaired) electrons. The van der Waals surface area contributed by atoms with Crippen LogP contribution in [-0.4, -0.2) is 25.2 Å². The van der Waals surface area contributed by atoms with Gasteiger partial charge in [-0.25, -0.2) is 0 Å². The zero-order valence-electron chi connectivity index (χ0n) is 13.5. The molecule has 1 amide bonds. The topological polar surface area (TPSA) is 47.6 Å². The summed E-state index contributed by atoms with van der Waals surface area (Å²) < 4.78 is 34.5. The lowest BCUT2D eigenvalue weighted by Gasteiger charge is -2.29. The first kappa shape index (κ1) is 17.5. The summed E-state index contributed by atoms with van der Waals surface area (Å²) in [6, 6.07) is 4.42. The van der Waals surface area contributed by atoms with Crippen LogP contribution in [0.25, 0.3) is 0 Å². The van der Waals surface area contributed by atoms with E-state index in [1.54, 1.807) is 6.92 Å². The number of nitrogens with one attached hydrogen (secondary N) is 1. The highest BCUT2D eigenvalue weighted by atomic mass is 19.3. The summed E-state index contributed by atoms with van der Waals surface area (Å²) in [6.07, 6.45) is 4.39. The number of benzene rings is 1. The van der Waals surface area contributed by atoms with Crippen molar-refractivity contribution in [2.24, 2.45) is 5.92 Å². The van der Waals surface area contributed by atoms with E-state index in [0.717, 1.165) is 19.3 Å². The van der Waals surface area contributed by atoms with Crippen molar-refractivity contribution < 1.29 is 23.0 Å². The fraction of sp³-hybridized carbons (Fsp3) is 0.588. The summed E-state index contributed by atoms with van der Waals surface area (Å²) in [7, 11) is 0. The fourth-order valence-corrected chi connectivity index (χ4v) is 2.89. The van der Waals surface area contributed by atoms with Gasteiger partial charge in [0, 0.05) is 11.6 Å². The van der Waals surface area contributed by atoms with E-state index in [-0.39, 0.29) is 23.4 Å². The molecule has 2 rings (SSSR count). The molecule has 0 bridgehead atoms. The first-order valence-corrected chi connectivity index (χ1v) is 8.03. The SMILES string of the molecule is CCOc1cc(C(=O)NC2CCCCC2C)ccc1OC(F)F. The van der Waals surface area contributed by atoms with E-state index >= 15 is 0 Å². The summed E-state index contributed by atoms with van der Waals surface area (Å²) in [4.78, 5) is 12.4. The lowest BCUT2D eigenvalue weighted by Crippen LogP contribution is -2.41. The Kier molecular flexibility index (Phi) is 6.19. The number of carbonyl (C=O) groups excluding carboxylic acids is 1. The second-order valence-corrected chi connectivity index (χ2v) is 5.81. The highest BCUT2D eigenvalue weighted by Crippen LogP contribution is 2.30. The lowest BCUT2D eigenvalue weighted by atomic mass is 9.86. The van der Waals surface area contributed by atoms with Crippen LogP contribution in [0, 0.1) is 5.92 Å². The molecule has 0 aromatic heterocycles. The van der Waals surface area contributed by atoms with Gasteiger partial charge < -0.3 is 14.8 Å². The number of ether oxygens (including phenoxy) is 2. The van der Waals surface area contributed by atoms with E-state index in [1.165, 1.54) is 24.6 Å². The van der Waals surface area contributed by atoms with Crippen LogP contribution in [-0.2, 0) is 0 Å². The molecule has 1 aromatic rings. The predicted molar refractivity (Wildman–Crippen MR) is 83.1 cm³/mol. The Morgan fingerprint density at radius 3 is 2.70 bits per heavy atom. The Labute approximate surface area is 135 Å². The summed E-state index contributed by atoms with van der Waals surface area (Å²) in [6.45, 7) is 1.24. The Hall–Kier alpha value is -1.85. The quantitative estimate of drug-likeness (QED) is 0.859. The molecular formula is C17H23F2NO3. The molecule has 1 N–H and O–H groups in total. The van der Waals surface area contributed by atoms with Crippen molar-refractivity contribution in [3.8, 4) is 11.5 Å². The van der Waals surface area contributed by atoms with Crippen molar-refractivity contribution in [3.05, 3.63) is 23.8 Å². The van der Waals surface area contributed by atoms with Crippen LogP contribution in [0.15, 0.2) is 18.2 Å². The van der Waals surface area contributed by atoms with Crippen LogP contribution in [0.4, 0.5) is 8.78 Å². The van der Waals surface area contributed by atoms with Gasteiger partial charge in [0.25, 0.3) is 5.91 Å². The Morgan fingerprint density at radius 2 is 2.04 bits per heavy atom. The number of hydrogen-bond donors (Lipinski definition) is 1. The molecular weight excluding hydrogens is 304 g/mol. The van der Waals surface area contributed by atoms with E-state index in [0.29, 0.717) is 18.1 Å². The van der Waals surface area contributed by atoms with Gasteiger partial charge >= 0.3 is 6.61 Å². The highest BCUT2D eigenvalue weighted by Gasteiger charge is 2.24.